The second kappa shape index (κ2) is 10.5. The molecule has 0 radical (unpaired) electrons. The van der Waals surface area contributed by atoms with E-state index in [-0.39, 0.29) is 24.0 Å². The first-order valence-electron chi connectivity index (χ1n) is 8.50. The Morgan fingerprint density at radius 3 is 2.68 bits per heavy atom. The van der Waals surface area contributed by atoms with E-state index in [4.69, 9.17) is 15.2 Å². The molecule has 28 heavy (non-hydrogen) atoms. The van der Waals surface area contributed by atoms with Crippen molar-refractivity contribution in [2.75, 3.05) is 19.5 Å². The third kappa shape index (κ3) is 5.88. The van der Waals surface area contributed by atoms with E-state index in [1.165, 1.54) is 5.56 Å². The standard InChI is InChI=1S/C20H23N5O2.HI/c1-26-17-6-7-19(27-2)18(11-17)24-20(21)23-12-15-4-3-5-16(10-15)13-25-9-8-22-14-25;/h3-11,14H,12-13H2,1-2H3,(H3,21,23,24);1H. The number of imidazole rings is 1. The molecule has 3 N–H and O–H groups in total. The van der Waals surface area contributed by atoms with Crippen LogP contribution < -0.4 is 20.5 Å². The second-order valence-corrected chi connectivity index (χ2v) is 5.95. The quantitative estimate of drug-likeness (QED) is 0.299. The van der Waals surface area contributed by atoms with Crippen LogP contribution in [0.25, 0.3) is 0 Å². The Morgan fingerprint density at radius 1 is 1.14 bits per heavy atom. The number of methoxy groups -OCH3 is 2. The van der Waals surface area contributed by atoms with E-state index >= 15 is 0 Å². The highest BCUT2D eigenvalue weighted by molar-refractivity contribution is 14.0. The summed E-state index contributed by atoms with van der Waals surface area (Å²) in [4.78, 5) is 8.49. The number of benzene rings is 2. The van der Waals surface area contributed by atoms with Crippen LogP contribution >= 0.6 is 24.0 Å². The Kier molecular flexibility index (Phi) is 8.12. The minimum Gasteiger partial charge on any atom is -0.497 e. The van der Waals surface area contributed by atoms with Gasteiger partial charge in [0.15, 0.2) is 5.96 Å². The summed E-state index contributed by atoms with van der Waals surface area (Å²) in [5.41, 5.74) is 9.01. The highest BCUT2D eigenvalue weighted by Crippen LogP contribution is 2.28. The third-order valence-corrected chi connectivity index (χ3v) is 4.02. The molecule has 0 atom stereocenters. The minimum absolute atomic E-state index is 0. The lowest BCUT2D eigenvalue weighted by molar-refractivity contribution is 0.405. The molecular formula is C20H24IN5O2. The van der Waals surface area contributed by atoms with Gasteiger partial charge in [-0.05, 0) is 23.3 Å². The Bertz CT molecular complexity index is 913. The Labute approximate surface area is 181 Å². The molecule has 0 saturated carbocycles. The van der Waals surface area contributed by atoms with Gasteiger partial charge in [0, 0.05) is 25.0 Å². The number of aliphatic imine (C=N–C) groups is 1. The van der Waals surface area contributed by atoms with Crippen molar-refractivity contribution in [3.63, 3.8) is 0 Å². The summed E-state index contributed by atoms with van der Waals surface area (Å²) in [7, 11) is 3.21. The predicted octanol–water partition coefficient (Wildman–Crippen LogP) is 3.49. The van der Waals surface area contributed by atoms with Crippen LogP contribution in [-0.4, -0.2) is 29.7 Å². The van der Waals surface area contributed by atoms with Crippen LogP contribution in [0, 0.1) is 0 Å². The van der Waals surface area contributed by atoms with Crippen LogP contribution in [-0.2, 0) is 13.1 Å². The Morgan fingerprint density at radius 2 is 1.96 bits per heavy atom. The molecule has 1 aromatic heterocycles. The summed E-state index contributed by atoms with van der Waals surface area (Å²) in [6.45, 7) is 1.25. The topological polar surface area (TPSA) is 86.7 Å². The number of nitrogens with one attached hydrogen (secondary N) is 1. The molecule has 0 saturated heterocycles. The molecular weight excluding hydrogens is 469 g/mol. The maximum atomic E-state index is 6.05. The summed E-state index contributed by atoms with van der Waals surface area (Å²) < 4.78 is 12.6. The molecule has 3 rings (SSSR count). The highest BCUT2D eigenvalue weighted by atomic mass is 127. The number of guanidine groups is 1. The van der Waals surface area contributed by atoms with Crippen LogP contribution in [0.1, 0.15) is 11.1 Å². The van der Waals surface area contributed by atoms with Crippen molar-refractivity contribution in [2.24, 2.45) is 10.7 Å². The molecule has 3 aromatic rings. The van der Waals surface area contributed by atoms with E-state index in [1.807, 2.05) is 41.1 Å². The second-order valence-electron chi connectivity index (χ2n) is 5.95. The number of anilines is 1. The molecule has 0 aliphatic carbocycles. The van der Waals surface area contributed by atoms with Gasteiger partial charge in [-0.15, -0.1) is 24.0 Å². The lowest BCUT2D eigenvalue weighted by Crippen LogP contribution is -2.23. The van der Waals surface area contributed by atoms with Crippen LogP contribution in [0.4, 0.5) is 5.69 Å². The zero-order valence-corrected chi connectivity index (χ0v) is 18.2. The Balaban J connectivity index is 0.00000280. The predicted molar refractivity (Wildman–Crippen MR) is 122 cm³/mol. The van der Waals surface area contributed by atoms with E-state index in [9.17, 15) is 0 Å². The zero-order valence-electron chi connectivity index (χ0n) is 15.8. The van der Waals surface area contributed by atoms with Crippen molar-refractivity contribution in [2.45, 2.75) is 13.1 Å². The van der Waals surface area contributed by atoms with Gasteiger partial charge in [0.2, 0.25) is 0 Å². The maximum Gasteiger partial charge on any atom is 0.193 e. The van der Waals surface area contributed by atoms with Crippen molar-refractivity contribution < 1.29 is 9.47 Å². The fourth-order valence-corrected chi connectivity index (χ4v) is 2.68. The maximum absolute atomic E-state index is 6.05. The average Bonchev–Trinajstić information content (AvgIpc) is 3.19. The van der Waals surface area contributed by atoms with Gasteiger partial charge in [-0.25, -0.2) is 9.98 Å². The molecule has 0 fully saturated rings. The lowest BCUT2D eigenvalue weighted by atomic mass is 10.1. The summed E-state index contributed by atoms with van der Waals surface area (Å²) in [6, 6.07) is 13.7. The molecule has 0 spiro atoms. The monoisotopic (exact) mass is 493 g/mol. The number of aromatic nitrogens is 2. The number of nitrogens with two attached hydrogens (primary N) is 1. The van der Waals surface area contributed by atoms with Gasteiger partial charge in [-0.3, -0.25) is 0 Å². The molecule has 148 valence electrons. The van der Waals surface area contributed by atoms with Gasteiger partial charge in [0.05, 0.1) is 32.8 Å². The molecule has 0 bridgehead atoms. The molecule has 0 aliphatic rings. The fraction of sp³-hybridized carbons (Fsp3) is 0.200. The Hall–Kier alpha value is -2.75. The van der Waals surface area contributed by atoms with Crippen LogP contribution in [0.5, 0.6) is 11.5 Å². The molecule has 0 amide bonds. The smallest absolute Gasteiger partial charge is 0.193 e. The van der Waals surface area contributed by atoms with E-state index < -0.39 is 0 Å². The number of hydrogen-bond acceptors (Lipinski definition) is 4. The number of hydrogen-bond donors (Lipinski definition) is 2. The summed E-state index contributed by atoms with van der Waals surface area (Å²) in [5.74, 6) is 1.68. The van der Waals surface area contributed by atoms with E-state index in [2.05, 4.69) is 27.4 Å². The minimum atomic E-state index is 0. The number of ether oxygens (including phenoxy) is 2. The molecule has 8 heteroatoms. The first kappa shape index (κ1) is 21.5. The van der Waals surface area contributed by atoms with Gasteiger partial charge in [0.25, 0.3) is 0 Å². The SMILES string of the molecule is COc1ccc(OC)c(NC(N)=NCc2cccc(Cn3ccnc3)c2)c1.I. The first-order chi connectivity index (χ1) is 13.2. The molecule has 7 nitrogen and oxygen atoms in total. The summed E-state index contributed by atoms with van der Waals surface area (Å²) in [5, 5.41) is 3.07. The van der Waals surface area contributed by atoms with Gasteiger partial charge in [-0.1, -0.05) is 24.3 Å². The van der Waals surface area contributed by atoms with Crippen molar-refractivity contribution in [3.8, 4) is 11.5 Å². The molecule has 0 unspecified atom stereocenters. The van der Waals surface area contributed by atoms with E-state index in [0.717, 1.165) is 12.1 Å². The number of nitrogens with zero attached hydrogens (tertiary/aromatic N) is 3. The van der Waals surface area contributed by atoms with Crippen molar-refractivity contribution >= 4 is 35.6 Å². The molecule has 2 aromatic carbocycles. The normalized spacial score (nSPS) is 10.9. The van der Waals surface area contributed by atoms with Gasteiger partial charge < -0.3 is 25.1 Å². The number of rotatable bonds is 7. The zero-order chi connectivity index (χ0) is 19.1. The third-order valence-electron chi connectivity index (χ3n) is 4.02. The van der Waals surface area contributed by atoms with Crippen molar-refractivity contribution in [1.29, 1.82) is 0 Å². The van der Waals surface area contributed by atoms with E-state index in [1.54, 1.807) is 26.7 Å². The van der Waals surface area contributed by atoms with Gasteiger partial charge >= 0.3 is 0 Å². The fourth-order valence-electron chi connectivity index (χ4n) is 2.68. The van der Waals surface area contributed by atoms with Gasteiger partial charge in [-0.2, -0.15) is 0 Å². The molecule has 0 aliphatic heterocycles. The first-order valence-corrected chi connectivity index (χ1v) is 8.50. The van der Waals surface area contributed by atoms with Crippen molar-refractivity contribution in [3.05, 3.63) is 72.3 Å². The lowest BCUT2D eigenvalue weighted by Gasteiger charge is -2.12. The summed E-state index contributed by atoms with van der Waals surface area (Å²) in [6.07, 6.45) is 5.51. The van der Waals surface area contributed by atoms with E-state index in [0.29, 0.717) is 29.7 Å². The van der Waals surface area contributed by atoms with Gasteiger partial charge in [0.1, 0.15) is 11.5 Å². The van der Waals surface area contributed by atoms with Crippen LogP contribution in [0.2, 0.25) is 0 Å². The molecule has 1 heterocycles. The number of halogens is 1. The van der Waals surface area contributed by atoms with Crippen LogP contribution in [0.15, 0.2) is 66.2 Å². The average molecular weight is 493 g/mol. The van der Waals surface area contributed by atoms with Crippen LogP contribution in [0.3, 0.4) is 0 Å². The van der Waals surface area contributed by atoms with Crippen molar-refractivity contribution in [1.82, 2.24) is 9.55 Å². The largest absolute Gasteiger partial charge is 0.497 e. The highest BCUT2D eigenvalue weighted by Gasteiger charge is 2.06. The summed E-state index contributed by atoms with van der Waals surface area (Å²) >= 11 is 0.